The van der Waals surface area contributed by atoms with E-state index in [1.807, 2.05) is 17.5 Å². The normalized spacial score (nSPS) is 15.0. The molecule has 0 bridgehead atoms. The van der Waals surface area contributed by atoms with Crippen LogP contribution in [0, 0.1) is 0 Å². The van der Waals surface area contributed by atoms with Crippen molar-refractivity contribution in [1.29, 1.82) is 0 Å². The minimum absolute atomic E-state index is 0.0727. The second kappa shape index (κ2) is 6.64. The molecule has 1 N–H and O–H groups in total. The van der Waals surface area contributed by atoms with Crippen molar-refractivity contribution < 1.29 is 9.53 Å². The number of hydrogen-bond acceptors (Lipinski definition) is 6. The fourth-order valence-electron chi connectivity index (χ4n) is 2.06. The van der Waals surface area contributed by atoms with Gasteiger partial charge in [0.15, 0.2) is 0 Å². The summed E-state index contributed by atoms with van der Waals surface area (Å²) in [6, 6.07) is 5.48. The lowest BCUT2D eigenvalue weighted by Gasteiger charge is -2.26. The molecule has 0 aliphatic carbocycles. The van der Waals surface area contributed by atoms with Gasteiger partial charge in [-0.1, -0.05) is 6.07 Å². The molecule has 3 rings (SSSR count). The van der Waals surface area contributed by atoms with Crippen molar-refractivity contribution in [3.8, 4) is 0 Å². The van der Waals surface area contributed by atoms with Gasteiger partial charge in [0.1, 0.15) is 0 Å². The molecule has 0 atom stereocenters. The smallest absolute Gasteiger partial charge is 0.261 e. The van der Waals surface area contributed by atoms with Crippen LogP contribution < -0.4 is 10.2 Å². The predicted molar refractivity (Wildman–Crippen MR) is 80.6 cm³/mol. The van der Waals surface area contributed by atoms with Gasteiger partial charge in [-0.2, -0.15) is 0 Å². The predicted octanol–water partition coefficient (Wildman–Crippen LogP) is 1.30. The van der Waals surface area contributed by atoms with Gasteiger partial charge >= 0.3 is 0 Å². The van der Waals surface area contributed by atoms with Crippen molar-refractivity contribution in [1.82, 2.24) is 15.3 Å². The summed E-state index contributed by atoms with van der Waals surface area (Å²) in [7, 11) is 0. The molecule has 0 radical (unpaired) electrons. The van der Waals surface area contributed by atoms with Crippen molar-refractivity contribution >= 4 is 23.2 Å². The Bertz CT molecular complexity index is 597. The van der Waals surface area contributed by atoms with E-state index in [0.29, 0.717) is 30.6 Å². The number of ether oxygens (including phenoxy) is 1. The fraction of sp³-hybridized carbons (Fsp3) is 0.357. The number of hydrogen-bond donors (Lipinski definition) is 1. The number of carbonyl (C=O) groups is 1. The second-order valence-corrected chi connectivity index (χ2v) is 5.56. The van der Waals surface area contributed by atoms with Gasteiger partial charge in [0.05, 0.1) is 30.3 Å². The third-order valence-electron chi connectivity index (χ3n) is 3.17. The molecule has 1 fully saturated rings. The van der Waals surface area contributed by atoms with Crippen molar-refractivity contribution in [2.24, 2.45) is 0 Å². The van der Waals surface area contributed by atoms with Crippen molar-refractivity contribution in [3.05, 3.63) is 40.3 Å². The van der Waals surface area contributed by atoms with E-state index in [4.69, 9.17) is 4.74 Å². The number of anilines is 1. The van der Waals surface area contributed by atoms with Gasteiger partial charge < -0.3 is 15.0 Å². The Morgan fingerprint density at radius 2 is 2.24 bits per heavy atom. The number of nitrogens with one attached hydrogen (secondary N) is 1. The summed E-state index contributed by atoms with van der Waals surface area (Å²) >= 11 is 1.43. The third kappa shape index (κ3) is 3.56. The maximum Gasteiger partial charge on any atom is 0.261 e. The van der Waals surface area contributed by atoms with Crippen LogP contribution in [0.3, 0.4) is 0 Å². The summed E-state index contributed by atoms with van der Waals surface area (Å²) in [6.07, 6.45) is 1.73. The first-order valence-corrected chi connectivity index (χ1v) is 7.67. The monoisotopic (exact) mass is 304 g/mol. The third-order valence-corrected chi connectivity index (χ3v) is 4.04. The standard InChI is InChI=1S/C14H16N4O2S/c19-13(12-2-1-9-21-12)16-10-11-3-4-15-14(17-11)18-5-7-20-8-6-18/h1-4,9H,5-8,10H2,(H,16,19). The molecule has 110 valence electrons. The fourth-order valence-corrected chi connectivity index (χ4v) is 2.70. The Hall–Kier alpha value is -1.99. The molecule has 0 spiro atoms. The SMILES string of the molecule is O=C(NCc1ccnc(N2CCOCC2)n1)c1cccs1. The molecule has 6 nitrogen and oxygen atoms in total. The molecular formula is C14H16N4O2S. The summed E-state index contributed by atoms with van der Waals surface area (Å²) in [6.45, 7) is 3.39. The lowest BCUT2D eigenvalue weighted by atomic mass is 10.3. The van der Waals surface area contributed by atoms with E-state index in [9.17, 15) is 4.79 Å². The van der Waals surface area contributed by atoms with Crippen LogP contribution >= 0.6 is 11.3 Å². The number of amides is 1. The first kappa shape index (κ1) is 14.0. The molecule has 1 amide bonds. The van der Waals surface area contributed by atoms with E-state index in [1.165, 1.54) is 11.3 Å². The van der Waals surface area contributed by atoms with E-state index in [0.717, 1.165) is 18.8 Å². The highest BCUT2D eigenvalue weighted by Crippen LogP contribution is 2.11. The Morgan fingerprint density at radius 3 is 3.00 bits per heavy atom. The Kier molecular flexibility index (Phi) is 4.42. The van der Waals surface area contributed by atoms with E-state index in [1.54, 1.807) is 12.3 Å². The highest BCUT2D eigenvalue weighted by molar-refractivity contribution is 7.12. The van der Waals surface area contributed by atoms with Gasteiger partial charge in [-0.25, -0.2) is 9.97 Å². The molecule has 7 heteroatoms. The van der Waals surface area contributed by atoms with Crippen LogP contribution in [0.15, 0.2) is 29.8 Å². The number of thiophene rings is 1. The molecule has 1 saturated heterocycles. The number of morpholine rings is 1. The lowest BCUT2D eigenvalue weighted by molar-refractivity contribution is 0.0954. The summed E-state index contributed by atoms with van der Waals surface area (Å²) in [5.41, 5.74) is 0.802. The van der Waals surface area contributed by atoms with Gasteiger partial charge in [-0.05, 0) is 17.5 Å². The van der Waals surface area contributed by atoms with E-state index in [2.05, 4.69) is 20.2 Å². The highest BCUT2D eigenvalue weighted by atomic mass is 32.1. The molecule has 0 aromatic carbocycles. The molecular weight excluding hydrogens is 288 g/mol. The molecule has 2 aromatic rings. The summed E-state index contributed by atoms with van der Waals surface area (Å²) in [5.74, 6) is 0.623. The minimum atomic E-state index is -0.0727. The first-order chi connectivity index (χ1) is 10.3. The number of carbonyl (C=O) groups excluding carboxylic acids is 1. The zero-order chi connectivity index (χ0) is 14.5. The van der Waals surface area contributed by atoms with E-state index >= 15 is 0 Å². The maximum absolute atomic E-state index is 11.9. The summed E-state index contributed by atoms with van der Waals surface area (Å²) in [4.78, 5) is 23.5. The molecule has 21 heavy (non-hydrogen) atoms. The quantitative estimate of drug-likeness (QED) is 0.922. The Labute approximate surface area is 126 Å². The molecule has 3 heterocycles. The van der Waals surface area contributed by atoms with Crippen LogP contribution in [-0.2, 0) is 11.3 Å². The van der Waals surface area contributed by atoms with Gasteiger partial charge in [-0.15, -0.1) is 11.3 Å². The molecule has 1 aliphatic heterocycles. The Balaban J connectivity index is 1.62. The number of nitrogens with zero attached hydrogens (tertiary/aromatic N) is 3. The van der Waals surface area contributed by atoms with Gasteiger partial charge in [0, 0.05) is 19.3 Å². The average molecular weight is 304 g/mol. The van der Waals surface area contributed by atoms with Crippen molar-refractivity contribution in [2.75, 3.05) is 31.2 Å². The van der Waals surface area contributed by atoms with Crippen LogP contribution in [0.5, 0.6) is 0 Å². The van der Waals surface area contributed by atoms with Gasteiger partial charge in [0.25, 0.3) is 5.91 Å². The Morgan fingerprint density at radius 1 is 1.38 bits per heavy atom. The van der Waals surface area contributed by atoms with Gasteiger partial charge in [-0.3, -0.25) is 4.79 Å². The lowest BCUT2D eigenvalue weighted by Crippen LogP contribution is -2.37. The second-order valence-electron chi connectivity index (χ2n) is 4.61. The first-order valence-electron chi connectivity index (χ1n) is 6.79. The topological polar surface area (TPSA) is 67.4 Å². The minimum Gasteiger partial charge on any atom is -0.378 e. The number of rotatable bonds is 4. The maximum atomic E-state index is 11.9. The van der Waals surface area contributed by atoms with Crippen molar-refractivity contribution in [2.45, 2.75) is 6.54 Å². The van der Waals surface area contributed by atoms with Crippen LogP contribution in [0.2, 0.25) is 0 Å². The van der Waals surface area contributed by atoms with Crippen LogP contribution in [0.4, 0.5) is 5.95 Å². The average Bonchev–Trinajstić information content (AvgIpc) is 3.08. The largest absolute Gasteiger partial charge is 0.378 e. The molecule has 0 unspecified atom stereocenters. The zero-order valence-corrected chi connectivity index (χ0v) is 12.3. The zero-order valence-electron chi connectivity index (χ0n) is 11.5. The van der Waals surface area contributed by atoms with E-state index < -0.39 is 0 Å². The molecule has 1 aliphatic rings. The van der Waals surface area contributed by atoms with Crippen LogP contribution in [0.1, 0.15) is 15.4 Å². The molecule has 2 aromatic heterocycles. The number of aromatic nitrogens is 2. The van der Waals surface area contributed by atoms with Gasteiger partial charge in [0.2, 0.25) is 5.95 Å². The highest BCUT2D eigenvalue weighted by Gasteiger charge is 2.14. The molecule has 0 saturated carbocycles. The van der Waals surface area contributed by atoms with Crippen LogP contribution in [0.25, 0.3) is 0 Å². The summed E-state index contributed by atoms with van der Waals surface area (Å²) < 4.78 is 5.32. The summed E-state index contributed by atoms with van der Waals surface area (Å²) in [5, 5.41) is 4.75. The van der Waals surface area contributed by atoms with Crippen molar-refractivity contribution in [3.63, 3.8) is 0 Å². The van der Waals surface area contributed by atoms with Crippen LogP contribution in [-0.4, -0.2) is 42.2 Å². The van der Waals surface area contributed by atoms with E-state index in [-0.39, 0.29) is 5.91 Å².